The van der Waals surface area contributed by atoms with E-state index in [-0.39, 0.29) is 0 Å². The van der Waals surface area contributed by atoms with Crippen LogP contribution in [0.2, 0.25) is 0 Å². The molecule has 0 aromatic heterocycles. The summed E-state index contributed by atoms with van der Waals surface area (Å²) in [5.41, 5.74) is 4.74. The van der Waals surface area contributed by atoms with Crippen LogP contribution in [0.4, 0.5) is 0 Å². The largest absolute Gasteiger partial charge is 0.497 e. The zero-order valence-corrected chi connectivity index (χ0v) is 11.1. The molecule has 0 aliphatic rings. The zero-order valence-electron chi connectivity index (χ0n) is 9.48. The van der Waals surface area contributed by atoms with Gasteiger partial charge in [0.25, 0.3) is 0 Å². The number of nitrogens with zero attached hydrogens (tertiary/aromatic N) is 1. The summed E-state index contributed by atoms with van der Waals surface area (Å²) >= 11 is 6.45. The molecule has 0 heterocycles. The summed E-state index contributed by atoms with van der Waals surface area (Å²) in [6.45, 7) is 1.93. The van der Waals surface area contributed by atoms with Crippen molar-refractivity contribution in [3.63, 3.8) is 0 Å². The van der Waals surface area contributed by atoms with Crippen LogP contribution in [0.1, 0.15) is 12.5 Å². The molecule has 1 rings (SSSR count). The summed E-state index contributed by atoms with van der Waals surface area (Å²) < 4.78 is 5.74. The van der Waals surface area contributed by atoms with Gasteiger partial charge < -0.3 is 4.74 Å². The van der Waals surface area contributed by atoms with Crippen molar-refractivity contribution in [1.29, 1.82) is 0 Å². The van der Waals surface area contributed by atoms with Gasteiger partial charge in [0.2, 0.25) is 0 Å². The van der Waals surface area contributed by atoms with Gasteiger partial charge in [0.15, 0.2) is 4.32 Å². The van der Waals surface area contributed by atoms with Crippen LogP contribution in [0.15, 0.2) is 29.4 Å². The Bertz CT molecular complexity index is 387. The first-order chi connectivity index (χ1) is 7.67. The van der Waals surface area contributed by atoms with Gasteiger partial charge in [-0.1, -0.05) is 24.0 Å². The number of thiocarbonyl (C=S) groups is 1. The average Bonchev–Trinajstić information content (AvgIpc) is 2.35. The molecule has 0 saturated carbocycles. The second-order valence-corrected chi connectivity index (χ2v) is 4.51. The number of ether oxygens (including phenoxy) is 1. The predicted octanol–water partition coefficient (Wildman–Crippen LogP) is 2.66. The van der Waals surface area contributed by atoms with Gasteiger partial charge in [-0.3, -0.25) is 5.43 Å². The van der Waals surface area contributed by atoms with E-state index in [2.05, 4.69) is 10.5 Å². The lowest BCUT2D eigenvalue weighted by Gasteiger charge is -2.04. The molecule has 86 valence electrons. The maximum absolute atomic E-state index is 5.08. The van der Waals surface area contributed by atoms with Crippen molar-refractivity contribution >= 4 is 34.0 Å². The molecule has 0 unspecified atom stereocenters. The lowest BCUT2D eigenvalue weighted by molar-refractivity contribution is 0.415. The van der Waals surface area contributed by atoms with E-state index in [4.69, 9.17) is 17.0 Å². The number of hydrogen-bond acceptors (Lipinski definition) is 4. The fourth-order valence-electron chi connectivity index (χ4n) is 1.07. The summed E-state index contributed by atoms with van der Waals surface area (Å²) in [6, 6.07) is 7.73. The number of methoxy groups -OCH3 is 1. The van der Waals surface area contributed by atoms with Crippen LogP contribution in [0, 0.1) is 0 Å². The van der Waals surface area contributed by atoms with Crippen molar-refractivity contribution in [2.24, 2.45) is 5.10 Å². The van der Waals surface area contributed by atoms with Crippen LogP contribution in [0.25, 0.3) is 0 Å². The second kappa shape index (κ2) is 6.50. The Labute approximate surface area is 105 Å². The van der Waals surface area contributed by atoms with E-state index in [0.29, 0.717) is 4.32 Å². The van der Waals surface area contributed by atoms with E-state index in [0.717, 1.165) is 17.0 Å². The first-order valence-electron chi connectivity index (χ1n) is 4.70. The predicted molar refractivity (Wildman–Crippen MR) is 74.5 cm³/mol. The Balaban J connectivity index is 2.71. The smallest absolute Gasteiger partial charge is 0.153 e. The second-order valence-electron chi connectivity index (χ2n) is 3.03. The SMILES string of the molecule is COc1ccc(/C(C)=N\NC(=S)SC)cc1. The topological polar surface area (TPSA) is 33.6 Å². The number of benzene rings is 1. The maximum atomic E-state index is 5.08. The molecule has 1 N–H and O–H groups in total. The lowest BCUT2D eigenvalue weighted by atomic mass is 10.1. The third-order valence-corrected chi connectivity index (χ3v) is 3.06. The van der Waals surface area contributed by atoms with Gasteiger partial charge >= 0.3 is 0 Å². The fraction of sp³-hybridized carbons (Fsp3) is 0.273. The van der Waals surface area contributed by atoms with E-state index in [1.807, 2.05) is 37.4 Å². The third kappa shape index (κ3) is 3.83. The molecule has 0 atom stereocenters. The molecule has 1 aromatic carbocycles. The summed E-state index contributed by atoms with van der Waals surface area (Å²) in [4.78, 5) is 0. The molecular formula is C11H14N2OS2. The molecule has 0 spiro atoms. The molecule has 0 saturated heterocycles. The van der Waals surface area contributed by atoms with E-state index in [9.17, 15) is 0 Å². The molecule has 0 radical (unpaired) electrons. The maximum Gasteiger partial charge on any atom is 0.153 e. The minimum Gasteiger partial charge on any atom is -0.497 e. The van der Waals surface area contributed by atoms with Crippen LogP contribution in [0.3, 0.4) is 0 Å². The Morgan fingerprint density at radius 1 is 1.38 bits per heavy atom. The van der Waals surface area contributed by atoms with Crippen LogP contribution < -0.4 is 10.2 Å². The lowest BCUT2D eigenvalue weighted by Crippen LogP contribution is -2.13. The summed E-state index contributed by atoms with van der Waals surface area (Å²) in [5.74, 6) is 0.837. The highest BCUT2D eigenvalue weighted by molar-refractivity contribution is 8.22. The average molecular weight is 254 g/mol. The monoisotopic (exact) mass is 254 g/mol. The third-order valence-electron chi connectivity index (χ3n) is 2.01. The van der Waals surface area contributed by atoms with Crippen LogP contribution >= 0.6 is 24.0 Å². The van der Waals surface area contributed by atoms with Gasteiger partial charge in [-0.15, -0.1) is 0 Å². The zero-order chi connectivity index (χ0) is 12.0. The van der Waals surface area contributed by atoms with E-state index < -0.39 is 0 Å². The first kappa shape index (κ1) is 13.0. The Morgan fingerprint density at radius 3 is 2.50 bits per heavy atom. The molecule has 1 aromatic rings. The minimum atomic E-state index is 0.660. The summed E-state index contributed by atoms with van der Waals surface area (Å²) in [6.07, 6.45) is 1.91. The highest BCUT2D eigenvalue weighted by atomic mass is 32.2. The molecule has 0 amide bonds. The molecular weight excluding hydrogens is 240 g/mol. The van der Waals surface area contributed by atoms with Gasteiger partial charge in [-0.05, 0) is 43.0 Å². The van der Waals surface area contributed by atoms with Gasteiger partial charge in [0, 0.05) is 0 Å². The quantitative estimate of drug-likeness (QED) is 0.511. The number of hydrazone groups is 1. The Kier molecular flexibility index (Phi) is 5.28. The molecule has 0 bridgehead atoms. The van der Waals surface area contributed by atoms with Gasteiger partial charge in [-0.2, -0.15) is 5.10 Å². The number of rotatable bonds is 3. The fourth-order valence-corrected chi connectivity index (χ4v) is 1.25. The first-order valence-corrected chi connectivity index (χ1v) is 6.33. The van der Waals surface area contributed by atoms with Crippen molar-refractivity contribution in [2.45, 2.75) is 6.92 Å². The van der Waals surface area contributed by atoms with Crippen LogP contribution in [-0.2, 0) is 0 Å². The normalized spacial score (nSPS) is 11.1. The molecule has 3 nitrogen and oxygen atoms in total. The van der Waals surface area contributed by atoms with Crippen molar-refractivity contribution < 1.29 is 4.74 Å². The minimum absolute atomic E-state index is 0.660. The highest BCUT2D eigenvalue weighted by Gasteiger charge is 1.98. The van der Waals surface area contributed by atoms with Crippen LogP contribution in [-0.4, -0.2) is 23.4 Å². The standard InChI is InChI=1S/C11H14N2OS2/c1-8(12-13-11(15)16-3)9-4-6-10(14-2)7-5-9/h4-7H,1-3H3,(H,13,15)/b12-8-. The molecule has 5 heteroatoms. The van der Waals surface area contributed by atoms with Crippen molar-refractivity contribution in [3.8, 4) is 5.75 Å². The van der Waals surface area contributed by atoms with E-state index in [1.165, 1.54) is 11.8 Å². The number of nitrogens with one attached hydrogen (secondary N) is 1. The molecule has 0 aliphatic heterocycles. The van der Waals surface area contributed by atoms with Gasteiger partial charge in [0.1, 0.15) is 5.75 Å². The molecule has 0 fully saturated rings. The number of hydrogen-bond donors (Lipinski definition) is 1. The molecule has 0 aliphatic carbocycles. The Hall–Kier alpha value is -1.07. The van der Waals surface area contributed by atoms with Gasteiger partial charge in [-0.25, -0.2) is 0 Å². The van der Waals surface area contributed by atoms with E-state index >= 15 is 0 Å². The number of thioether (sulfide) groups is 1. The molecule has 16 heavy (non-hydrogen) atoms. The highest BCUT2D eigenvalue weighted by Crippen LogP contribution is 2.11. The van der Waals surface area contributed by atoms with Crippen molar-refractivity contribution in [1.82, 2.24) is 5.43 Å². The van der Waals surface area contributed by atoms with Crippen LogP contribution in [0.5, 0.6) is 5.75 Å². The van der Waals surface area contributed by atoms with E-state index in [1.54, 1.807) is 7.11 Å². The summed E-state index contributed by atoms with van der Waals surface area (Å²) in [5, 5.41) is 4.18. The summed E-state index contributed by atoms with van der Waals surface area (Å²) in [7, 11) is 1.65. The van der Waals surface area contributed by atoms with Crippen molar-refractivity contribution in [2.75, 3.05) is 13.4 Å². The Morgan fingerprint density at radius 2 is 2.00 bits per heavy atom. The van der Waals surface area contributed by atoms with Gasteiger partial charge in [0.05, 0.1) is 12.8 Å². The van der Waals surface area contributed by atoms with Crippen molar-refractivity contribution in [3.05, 3.63) is 29.8 Å².